The van der Waals surface area contributed by atoms with Gasteiger partial charge in [-0.25, -0.2) is 0 Å². The average molecular weight is 459 g/mol. The minimum absolute atomic E-state index is 0.00196. The second kappa shape index (κ2) is 9.67. The number of aromatic hydroxyl groups is 6. The zero-order chi connectivity index (χ0) is 24.2. The summed E-state index contributed by atoms with van der Waals surface area (Å²) in [5, 5.41) is 59.5. The molecule has 0 bridgehead atoms. The van der Waals surface area contributed by atoms with E-state index in [1.54, 1.807) is 36.4 Å². The molecule has 6 nitrogen and oxygen atoms in total. The van der Waals surface area contributed by atoms with Gasteiger partial charge in [0.15, 0.2) is 0 Å². The second-order valence-electron chi connectivity index (χ2n) is 8.40. The zero-order valence-corrected chi connectivity index (χ0v) is 18.4. The minimum atomic E-state index is -0.00196. The van der Waals surface area contributed by atoms with Gasteiger partial charge in [0, 0.05) is 12.1 Å². The number of hydrogen-bond acceptors (Lipinski definition) is 6. The van der Waals surface area contributed by atoms with Crippen LogP contribution in [0.15, 0.2) is 72.8 Å². The number of benzene rings is 4. The number of rotatable bonds is 7. The van der Waals surface area contributed by atoms with Crippen molar-refractivity contribution in [3.8, 4) is 45.6 Å². The summed E-state index contributed by atoms with van der Waals surface area (Å²) in [6.45, 7) is 0. The van der Waals surface area contributed by atoms with Crippen molar-refractivity contribution in [3.63, 3.8) is 0 Å². The SMILES string of the molecule is Oc1cc(O)cc(CCc2ccc(-c3ccc(CCc4cc(O)cc(O)c4)c(O)c3)cc2O)c1. The van der Waals surface area contributed by atoms with Gasteiger partial charge >= 0.3 is 0 Å². The Balaban J connectivity index is 1.44. The fraction of sp³-hybridized carbons (Fsp3) is 0.143. The van der Waals surface area contributed by atoms with E-state index in [2.05, 4.69) is 0 Å². The van der Waals surface area contributed by atoms with E-state index in [1.165, 1.54) is 12.1 Å². The van der Waals surface area contributed by atoms with Gasteiger partial charge in [-0.15, -0.1) is 0 Å². The van der Waals surface area contributed by atoms with Crippen molar-refractivity contribution in [1.29, 1.82) is 0 Å². The zero-order valence-electron chi connectivity index (χ0n) is 18.4. The number of aryl methyl sites for hydroxylation is 4. The summed E-state index contributed by atoms with van der Waals surface area (Å²) < 4.78 is 0. The van der Waals surface area contributed by atoms with E-state index >= 15 is 0 Å². The van der Waals surface area contributed by atoms with Gasteiger partial charge in [0.1, 0.15) is 34.5 Å². The van der Waals surface area contributed by atoms with Crippen molar-refractivity contribution in [2.24, 2.45) is 0 Å². The lowest BCUT2D eigenvalue weighted by Gasteiger charge is -2.11. The summed E-state index contributed by atoms with van der Waals surface area (Å²) in [6.07, 6.45) is 2.15. The summed E-state index contributed by atoms with van der Waals surface area (Å²) >= 11 is 0. The van der Waals surface area contributed by atoms with Crippen molar-refractivity contribution in [3.05, 3.63) is 95.1 Å². The van der Waals surface area contributed by atoms with Crippen LogP contribution in [0, 0.1) is 0 Å². The maximum absolute atomic E-state index is 10.5. The van der Waals surface area contributed by atoms with E-state index in [9.17, 15) is 30.6 Å². The Bertz CT molecular complexity index is 1190. The van der Waals surface area contributed by atoms with Crippen molar-refractivity contribution < 1.29 is 30.6 Å². The van der Waals surface area contributed by atoms with Crippen LogP contribution in [0.5, 0.6) is 34.5 Å². The first-order valence-electron chi connectivity index (χ1n) is 10.9. The lowest BCUT2D eigenvalue weighted by atomic mass is 9.97. The number of phenols is 6. The molecule has 0 aliphatic heterocycles. The quantitative estimate of drug-likeness (QED) is 0.228. The Morgan fingerprint density at radius 3 is 1.06 bits per heavy atom. The Hall–Kier alpha value is -4.32. The molecule has 0 heterocycles. The first-order chi connectivity index (χ1) is 16.3. The van der Waals surface area contributed by atoms with Gasteiger partial charge in [0.2, 0.25) is 0 Å². The van der Waals surface area contributed by atoms with Gasteiger partial charge in [0.05, 0.1) is 0 Å². The highest BCUT2D eigenvalue weighted by molar-refractivity contribution is 5.68. The van der Waals surface area contributed by atoms with E-state index < -0.39 is 0 Å². The second-order valence-corrected chi connectivity index (χ2v) is 8.40. The molecule has 0 aliphatic rings. The topological polar surface area (TPSA) is 121 Å². The molecule has 0 atom stereocenters. The molecule has 0 saturated carbocycles. The Kier molecular flexibility index (Phi) is 6.50. The molecule has 0 fully saturated rings. The summed E-state index contributed by atoms with van der Waals surface area (Å²) in [5.74, 6) is 0.259. The molecular weight excluding hydrogens is 432 g/mol. The minimum Gasteiger partial charge on any atom is -0.508 e. The fourth-order valence-electron chi connectivity index (χ4n) is 4.07. The molecule has 34 heavy (non-hydrogen) atoms. The number of phenolic OH excluding ortho intramolecular Hbond substituents is 6. The van der Waals surface area contributed by atoms with E-state index in [-0.39, 0.29) is 34.5 Å². The third kappa shape index (κ3) is 5.53. The van der Waals surface area contributed by atoms with Crippen LogP contribution >= 0.6 is 0 Å². The lowest BCUT2D eigenvalue weighted by Crippen LogP contribution is -1.94. The molecule has 0 unspecified atom stereocenters. The van der Waals surface area contributed by atoms with Gasteiger partial charge in [-0.05, 0) is 95.5 Å². The number of hydrogen-bond donors (Lipinski definition) is 6. The Morgan fingerprint density at radius 2 is 0.735 bits per heavy atom. The Labute approximate surface area is 197 Å². The van der Waals surface area contributed by atoms with E-state index in [0.717, 1.165) is 33.4 Å². The highest BCUT2D eigenvalue weighted by Gasteiger charge is 2.10. The van der Waals surface area contributed by atoms with Crippen molar-refractivity contribution in [2.45, 2.75) is 25.7 Å². The molecule has 0 spiro atoms. The molecule has 0 radical (unpaired) electrons. The van der Waals surface area contributed by atoms with E-state index in [4.69, 9.17) is 0 Å². The van der Waals surface area contributed by atoms with Crippen LogP contribution in [-0.2, 0) is 25.7 Å². The van der Waals surface area contributed by atoms with Crippen LogP contribution in [0.3, 0.4) is 0 Å². The maximum atomic E-state index is 10.5. The predicted octanol–water partition coefficient (Wildman–Crippen LogP) is 5.16. The van der Waals surface area contributed by atoms with Crippen LogP contribution < -0.4 is 0 Å². The van der Waals surface area contributed by atoms with Crippen molar-refractivity contribution in [1.82, 2.24) is 0 Å². The van der Waals surface area contributed by atoms with E-state index in [1.807, 2.05) is 24.3 Å². The predicted molar refractivity (Wildman–Crippen MR) is 130 cm³/mol. The molecule has 0 saturated heterocycles. The molecular formula is C28H26O6. The van der Waals surface area contributed by atoms with Gasteiger partial charge in [0.25, 0.3) is 0 Å². The molecule has 4 rings (SSSR count). The molecule has 174 valence electrons. The smallest absolute Gasteiger partial charge is 0.119 e. The Morgan fingerprint density at radius 1 is 0.382 bits per heavy atom. The molecule has 4 aromatic carbocycles. The molecule has 6 N–H and O–H groups in total. The molecule has 6 heteroatoms. The van der Waals surface area contributed by atoms with Gasteiger partial charge in [-0.3, -0.25) is 0 Å². The van der Waals surface area contributed by atoms with Gasteiger partial charge in [-0.1, -0.05) is 24.3 Å². The van der Waals surface area contributed by atoms with Crippen LogP contribution in [0.4, 0.5) is 0 Å². The highest BCUT2D eigenvalue weighted by Crippen LogP contribution is 2.32. The largest absolute Gasteiger partial charge is 0.508 e. The summed E-state index contributed by atoms with van der Waals surface area (Å²) in [6, 6.07) is 19.6. The van der Waals surface area contributed by atoms with Crippen LogP contribution in [0.25, 0.3) is 11.1 Å². The third-order valence-corrected chi connectivity index (χ3v) is 5.79. The summed E-state index contributed by atoms with van der Waals surface area (Å²) in [7, 11) is 0. The average Bonchev–Trinajstić information content (AvgIpc) is 2.76. The summed E-state index contributed by atoms with van der Waals surface area (Å²) in [4.78, 5) is 0. The molecule has 4 aromatic rings. The van der Waals surface area contributed by atoms with E-state index in [0.29, 0.717) is 25.7 Å². The molecule has 0 aliphatic carbocycles. The van der Waals surface area contributed by atoms with Crippen molar-refractivity contribution in [2.75, 3.05) is 0 Å². The molecule has 0 aromatic heterocycles. The third-order valence-electron chi connectivity index (χ3n) is 5.79. The first-order valence-corrected chi connectivity index (χ1v) is 10.9. The fourth-order valence-corrected chi connectivity index (χ4v) is 4.07. The standard InChI is InChI=1S/C28H26O6/c29-23-9-17(10-24(30)15-23)1-3-19-5-7-21(13-27(19)33)22-8-6-20(28(34)14-22)4-2-18-11-25(31)16-26(32)12-18/h5-16,29-34H,1-4H2. The normalized spacial score (nSPS) is 10.9. The van der Waals surface area contributed by atoms with Crippen molar-refractivity contribution >= 4 is 0 Å². The maximum Gasteiger partial charge on any atom is 0.119 e. The lowest BCUT2D eigenvalue weighted by molar-refractivity contribution is 0.448. The van der Waals surface area contributed by atoms with Crippen LogP contribution in [0.2, 0.25) is 0 Å². The molecule has 0 amide bonds. The first kappa shape index (κ1) is 22.9. The monoisotopic (exact) mass is 458 g/mol. The van der Waals surface area contributed by atoms with Crippen LogP contribution in [0.1, 0.15) is 22.3 Å². The van der Waals surface area contributed by atoms with Gasteiger partial charge < -0.3 is 30.6 Å². The highest BCUT2D eigenvalue weighted by atomic mass is 16.3. The van der Waals surface area contributed by atoms with Crippen LogP contribution in [-0.4, -0.2) is 30.6 Å². The van der Waals surface area contributed by atoms with Gasteiger partial charge in [-0.2, -0.15) is 0 Å². The summed E-state index contributed by atoms with van der Waals surface area (Å²) in [5.41, 5.74) is 4.53.